The third-order valence-corrected chi connectivity index (χ3v) is 3.17. The number of primary amides is 1. The van der Waals surface area contributed by atoms with Crippen LogP contribution in [0.3, 0.4) is 0 Å². The lowest BCUT2D eigenvalue weighted by atomic mass is 10.1. The van der Waals surface area contributed by atoms with Crippen molar-refractivity contribution in [3.63, 3.8) is 0 Å². The highest BCUT2D eigenvalue weighted by molar-refractivity contribution is 5.96. The Kier molecular flexibility index (Phi) is 6.05. The molecule has 0 aliphatic heterocycles. The average molecular weight is 344 g/mol. The van der Waals surface area contributed by atoms with Crippen molar-refractivity contribution in [2.75, 3.05) is 11.9 Å². The number of carbonyl (C=O) groups is 3. The lowest BCUT2D eigenvalue weighted by molar-refractivity contribution is -0.117. The fraction of sp³-hybridized carbons (Fsp3) is 0.118. The summed E-state index contributed by atoms with van der Waals surface area (Å²) >= 11 is 0. The molecule has 0 atom stereocenters. The molecule has 2 rings (SSSR count). The van der Waals surface area contributed by atoms with Crippen LogP contribution in [-0.2, 0) is 11.3 Å². The van der Waals surface area contributed by atoms with Crippen LogP contribution in [0.5, 0.6) is 0 Å². The van der Waals surface area contributed by atoms with Gasteiger partial charge in [-0.25, -0.2) is 9.18 Å². The molecule has 0 spiro atoms. The van der Waals surface area contributed by atoms with E-state index in [1.807, 2.05) is 0 Å². The number of amides is 4. The Bertz CT molecular complexity index is 778. The Morgan fingerprint density at radius 3 is 2.36 bits per heavy atom. The summed E-state index contributed by atoms with van der Waals surface area (Å²) in [5.74, 6) is -1.48. The van der Waals surface area contributed by atoms with E-state index in [0.29, 0.717) is 11.3 Å². The Morgan fingerprint density at radius 1 is 1.00 bits per heavy atom. The van der Waals surface area contributed by atoms with E-state index in [1.54, 1.807) is 30.3 Å². The molecule has 0 aliphatic rings. The van der Waals surface area contributed by atoms with Gasteiger partial charge in [0.25, 0.3) is 5.91 Å². The van der Waals surface area contributed by atoms with Gasteiger partial charge in [0.2, 0.25) is 5.91 Å². The van der Waals surface area contributed by atoms with Gasteiger partial charge in [0, 0.05) is 17.8 Å². The molecule has 4 amide bonds. The van der Waals surface area contributed by atoms with E-state index in [1.165, 1.54) is 18.2 Å². The minimum absolute atomic E-state index is 0.227. The molecule has 0 saturated carbocycles. The number of carbonyl (C=O) groups excluding carboxylic acids is 3. The van der Waals surface area contributed by atoms with Crippen LogP contribution < -0.4 is 21.7 Å². The van der Waals surface area contributed by atoms with Gasteiger partial charge in [-0.3, -0.25) is 9.59 Å². The highest BCUT2D eigenvalue weighted by Crippen LogP contribution is 2.09. The molecule has 0 unspecified atom stereocenters. The zero-order valence-electron chi connectivity index (χ0n) is 13.2. The van der Waals surface area contributed by atoms with E-state index in [2.05, 4.69) is 16.0 Å². The molecule has 0 radical (unpaired) electrons. The summed E-state index contributed by atoms with van der Waals surface area (Å²) in [5, 5.41) is 7.51. The highest BCUT2D eigenvalue weighted by atomic mass is 19.1. The second kappa shape index (κ2) is 8.44. The standard InChI is InChI=1S/C17H17FN4O3/c18-13-2-1-3-14(8-13)22-17(25)21-9-11-4-6-12(7-5-11)16(24)20-10-15(19)23/h1-8H,9-10H2,(H2,19,23)(H,20,24)(H2,21,22,25). The topological polar surface area (TPSA) is 113 Å². The quantitative estimate of drug-likeness (QED) is 0.634. The first-order valence-corrected chi connectivity index (χ1v) is 7.40. The number of urea groups is 1. The lowest BCUT2D eigenvalue weighted by Gasteiger charge is -2.08. The molecule has 8 heteroatoms. The molecule has 2 aromatic carbocycles. The van der Waals surface area contributed by atoms with Crippen molar-refractivity contribution in [2.24, 2.45) is 5.73 Å². The predicted octanol–water partition coefficient (Wildman–Crippen LogP) is 1.36. The van der Waals surface area contributed by atoms with Crippen LogP contribution in [0, 0.1) is 5.82 Å². The van der Waals surface area contributed by atoms with Crippen LogP contribution in [-0.4, -0.2) is 24.4 Å². The minimum Gasteiger partial charge on any atom is -0.368 e. The molecule has 5 N–H and O–H groups in total. The molecular weight excluding hydrogens is 327 g/mol. The van der Waals surface area contributed by atoms with Gasteiger partial charge in [0.15, 0.2) is 0 Å². The smallest absolute Gasteiger partial charge is 0.319 e. The average Bonchev–Trinajstić information content (AvgIpc) is 2.58. The van der Waals surface area contributed by atoms with Crippen molar-refractivity contribution in [2.45, 2.75) is 6.54 Å². The Morgan fingerprint density at radius 2 is 1.72 bits per heavy atom. The first-order chi connectivity index (χ1) is 11.9. The molecule has 0 aliphatic carbocycles. The lowest BCUT2D eigenvalue weighted by Crippen LogP contribution is -2.33. The minimum atomic E-state index is -0.626. The van der Waals surface area contributed by atoms with E-state index >= 15 is 0 Å². The summed E-state index contributed by atoms with van der Waals surface area (Å²) in [4.78, 5) is 34.1. The van der Waals surface area contributed by atoms with Gasteiger partial charge in [-0.2, -0.15) is 0 Å². The van der Waals surface area contributed by atoms with Crippen molar-refractivity contribution in [1.82, 2.24) is 10.6 Å². The number of halogens is 1. The molecule has 0 saturated heterocycles. The Hall–Kier alpha value is -3.42. The Labute approximate surface area is 143 Å². The third-order valence-electron chi connectivity index (χ3n) is 3.17. The number of nitrogens with one attached hydrogen (secondary N) is 3. The van der Waals surface area contributed by atoms with Crippen molar-refractivity contribution in [3.8, 4) is 0 Å². The van der Waals surface area contributed by atoms with E-state index < -0.39 is 23.7 Å². The predicted molar refractivity (Wildman–Crippen MR) is 90.2 cm³/mol. The van der Waals surface area contributed by atoms with Gasteiger partial charge < -0.3 is 21.7 Å². The molecule has 130 valence electrons. The molecule has 0 heterocycles. The van der Waals surface area contributed by atoms with Gasteiger partial charge in [-0.1, -0.05) is 18.2 Å². The first-order valence-electron chi connectivity index (χ1n) is 7.40. The zero-order valence-corrected chi connectivity index (χ0v) is 13.2. The van der Waals surface area contributed by atoms with Crippen LogP contribution in [0.15, 0.2) is 48.5 Å². The van der Waals surface area contributed by atoms with Crippen molar-refractivity contribution in [3.05, 3.63) is 65.5 Å². The van der Waals surface area contributed by atoms with E-state index in [0.717, 1.165) is 5.56 Å². The molecule has 0 bridgehead atoms. The number of hydrogen-bond acceptors (Lipinski definition) is 3. The molecular formula is C17H17FN4O3. The van der Waals surface area contributed by atoms with Gasteiger partial charge in [0.05, 0.1) is 6.54 Å². The van der Waals surface area contributed by atoms with Crippen LogP contribution in [0.1, 0.15) is 15.9 Å². The van der Waals surface area contributed by atoms with Gasteiger partial charge >= 0.3 is 6.03 Å². The largest absolute Gasteiger partial charge is 0.368 e. The van der Waals surface area contributed by atoms with Crippen LogP contribution in [0.4, 0.5) is 14.9 Å². The van der Waals surface area contributed by atoms with Gasteiger partial charge in [-0.15, -0.1) is 0 Å². The van der Waals surface area contributed by atoms with Crippen molar-refractivity contribution in [1.29, 1.82) is 0 Å². The van der Waals surface area contributed by atoms with Crippen LogP contribution in [0.25, 0.3) is 0 Å². The maximum Gasteiger partial charge on any atom is 0.319 e. The number of benzene rings is 2. The molecule has 7 nitrogen and oxygen atoms in total. The zero-order chi connectivity index (χ0) is 18.2. The normalized spacial score (nSPS) is 9.96. The maximum absolute atomic E-state index is 13.0. The number of anilines is 1. The van der Waals surface area contributed by atoms with Crippen LogP contribution >= 0.6 is 0 Å². The summed E-state index contributed by atoms with van der Waals surface area (Å²) in [6.07, 6.45) is 0. The van der Waals surface area contributed by atoms with Crippen LogP contribution in [0.2, 0.25) is 0 Å². The second-order valence-corrected chi connectivity index (χ2v) is 5.16. The first kappa shape index (κ1) is 17.9. The summed E-state index contributed by atoms with van der Waals surface area (Å²) in [5.41, 5.74) is 6.43. The van der Waals surface area contributed by atoms with Gasteiger partial charge in [0.1, 0.15) is 5.82 Å². The van der Waals surface area contributed by atoms with E-state index in [4.69, 9.17) is 5.73 Å². The van der Waals surface area contributed by atoms with E-state index in [-0.39, 0.29) is 13.1 Å². The molecule has 2 aromatic rings. The van der Waals surface area contributed by atoms with Crippen molar-refractivity contribution < 1.29 is 18.8 Å². The SMILES string of the molecule is NC(=O)CNC(=O)c1ccc(CNC(=O)Nc2cccc(F)c2)cc1. The summed E-state index contributed by atoms with van der Waals surface area (Å²) in [6.45, 7) is -0.00722. The fourth-order valence-corrected chi connectivity index (χ4v) is 1.97. The molecule has 0 aromatic heterocycles. The number of nitrogens with two attached hydrogens (primary N) is 1. The van der Waals surface area contributed by atoms with Gasteiger partial charge in [-0.05, 0) is 35.9 Å². The second-order valence-electron chi connectivity index (χ2n) is 5.16. The highest BCUT2D eigenvalue weighted by Gasteiger charge is 2.07. The summed E-state index contributed by atoms with van der Waals surface area (Å²) in [7, 11) is 0. The van der Waals surface area contributed by atoms with E-state index in [9.17, 15) is 18.8 Å². The summed E-state index contributed by atoms with van der Waals surface area (Å²) < 4.78 is 13.0. The maximum atomic E-state index is 13.0. The number of rotatable bonds is 6. The van der Waals surface area contributed by atoms with Crippen molar-refractivity contribution >= 4 is 23.5 Å². The molecule has 0 fully saturated rings. The fourth-order valence-electron chi connectivity index (χ4n) is 1.97. The Balaban J connectivity index is 1.83. The summed E-state index contributed by atoms with van der Waals surface area (Å²) in [6, 6.07) is 11.5. The monoisotopic (exact) mass is 344 g/mol. The third kappa shape index (κ3) is 5.94. The number of hydrogen-bond donors (Lipinski definition) is 4. The molecule has 25 heavy (non-hydrogen) atoms.